The van der Waals surface area contributed by atoms with Gasteiger partial charge in [0.05, 0.1) is 12.2 Å². The van der Waals surface area contributed by atoms with Crippen LogP contribution in [-0.4, -0.2) is 46.4 Å². The standard InChI is InChI=1S/C20H27N5O3/c1-14(28-3)19(26)22-16-7-6-8-17(11-16)23-20(27)25-10-5-4-9-18(25)15-12-21-24(2)13-15/h6-8,11-14,18H,4-5,9-10H2,1-3H3,(H,22,26)(H,23,27). The maximum atomic E-state index is 12.9. The number of aryl methyl sites for hydroxylation is 1. The first-order chi connectivity index (χ1) is 13.5. The van der Waals surface area contributed by atoms with E-state index in [9.17, 15) is 9.59 Å². The van der Waals surface area contributed by atoms with Crippen molar-refractivity contribution in [3.05, 3.63) is 42.2 Å². The number of piperidine rings is 1. The Labute approximate surface area is 164 Å². The second-order valence-electron chi connectivity index (χ2n) is 7.03. The molecule has 2 unspecified atom stereocenters. The zero-order chi connectivity index (χ0) is 20.1. The van der Waals surface area contributed by atoms with Crippen molar-refractivity contribution in [3.63, 3.8) is 0 Å². The molecule has 2 heterocycles. The SMILES string of the molecule is COC(C)C(=O)Nc1cccc(NC(=O)N2CCCCC2c2cnn(C)c2)c1. The number of carbonyl (C=O) groups excluding carboxylic acids is 2. The van der Waals surface area contributed by atoms with E-state index < -0.39 is 6.10 Å². The van der Waals surface area contributed by atoms with Crippen LogP contribution in [0.4, 0.5) is 16.2 Å². The van der Waals surface area contributed by atoms with Gasteiger partial charge in [0.15, 0.2) is 0 Å². The maximum absolute atomic E-state index is 12.9. The van der Waals surface area contributed by atoms with Gasteiger partial charge in [-0.25, -0.2) is 4.79 Å². The third-order valence-electron chi connectivity index (χ3n) is 4.98. The average Bonchev–Trinajstić information content (AvgIpc) is 3.13. The molecular formula is C20H27N5O3. The van der Waals surface area contributed by atoms with Crippen LogP contribution in [0.1, 0.15) is 37.8 Å². The molecule has 1 aromatic heterocycles. The van der Waals surface area contributed by atoms with Gasteiger partial charge >= 0.3 is 6.03 Å². The van der Waals surface area contributed by atoms with Crippen molar-refractivity contribution in [1.82, 2.24) is 14.7 Å². The highest BCUT2D eigenvalue weighted by atomic mass is 16.5. The Kier molecular flexibility index (Phi) is 6.30. The number of carbonyl (C=O) groups is 2. The highest BCUT2D eigenvalue weighted by Gasteiger charge is 2.29. The van der Waals surface area contributed by atoms with Crippen molar-refractivity contribution in [2.45, 2.75) is 38.3 Å². The molecular weight excluding hydrogens is 358 g/mol. The van der Waals surface area contributed by atoms with E-state index in [0.29, 0.717) is 17.9 Å². The van der Waals surface area contributed by atoms with Crippen LogP contribution in [0, 0.1) is 0 Å². The molecule has 150 valence electrons. The molecule has 0 radical (unpaired) electrons. The van der Waals surface area contributed by atoms with Gasteiger partial charge in [-0.2, -0.15) is 5.10 Å². The summed E-state index contributed by atoms with van der Waals surface area (Å²) in [5.41, 5.74) is 2.28. The monoisotopic (exact) mass is 385 g/mol. The lowest BCUT2D eigenvalue weighted by atomic mass is 9.98. The lowest BCUT2D eigenvalue weighted by Crippen LogP contribution is -2.41. The number of hydrogen-bond donors (Lipinski definition) is 2. The first-order valence-corrected chi connectivity index (χ1v) is 9.48. The zero-order valence-corrected chi connectivity index (χ0v) is 16.5. The summed E-state index contributed by atoms with van der Waals surface area (Å²) in [5, 5.41) is 9.97. The van der Waals surface area contributed by atoms with Crippen molar-refractivity contribution in [3.8, 4) is 0 Å². The highest BCUT2D eigenvalue weighted by Crippen LogP contribution is 2.31. The Morgan fingerprint density at radius 2 is 2.00 bits per heavy atom. The number of urea groups is 1. The number of rotatable bonds is 5. The fourth-order valence-corrected chi connectivity index (χ4v) is 3.35. The predicted molar refractivity (Wildman–Crippen MR) is 107 cm³/mol. The number of amides is 3. The molecule has 1 saturated heterocycles. The van der Waals surface area contributed by atoms with Crippen molar-refractivity contribution in [2.75, 3.05) is 24.3 Å². The van der Waals surface area contributed by atoms with Gasteiger partial charge in [0, 0.05) is 43.8 Å². The quantitative estimate of drug-likeness (QED) is 0.827. The Bertz CT molecular complexity index is 835. The Balaban J connectivity index is 1.69. The molecule has 8 nitrogen and oxygen atoms in total. The fourth-order valence-electron chi connectivity index (χ4n) is 3.35. The number of ether oxygens (including phenoxy) is 1. The summed E-state index contributed by atoms with van der Waals surface area (Å²) in [4.78, 5) is 26.8. The third-order valence-corrected chi connectivity index (χ3v) is 4.98. The van der Waals surface area contributed by atoms with Crippen LogP contribution >= 0.6 is 0 Å². The predicted octanol–water partition coefficient (Wildman–Crippen LogP) is 3.15. The van der Waals surface area contributed by atoms with E-state index in [-0.39, 0.29) is 18.0 Å². The Hall–Kier alpha value is -2.87. The summed E-state index contributed by atoms with van der Waals surface area (Å²) in [6.45, 7) is 2.38. The van der Waals surface area contributed by atoms with Gasteiger partial charge in [-0.3, -0.25) is 9.48 Å². The maximum Gasteiger partial charge on any atom is 0.322 e. The number of anilines is 2. The molecule has 8 heteroatoms. The van der Waals surface area contributed by atoms with Gasteiger partial charge in [0.1, 0.15) is 6.10 Å². The molecule has 0 bridgehead atoms. The second-order valence-corrected chi connectivity index (χ2v) is 7.03. The number of methoxy groups -OCH3 is 1. The molecule has 28 heavy (non-hydrogen) atoms. The van der Waals surface area contributed by atoms with Gasteiger partial charge in [-0.05, 0) is 44.4 Å². The van der Waals surface area contributed by atoms with Crippen LogP contribution in [0.3, 0.4) is 0 Å². The van der Waals surface area contributed by atoms with Crippen LogP contribution in [0.15, 0.2) is 36.7 Å². The van der Waals surface area contributed by atoms with E-state index >= 15 is 0 Å². The van der Waals surface area contributed by atoms with Crippen LogP contribution in [0.2, 0.25) is 0 Å². The third kappa shape index (κ3) is 4.69. The van der Waals surface area contributed by atoms with Crippen molar-refractivity contribution in [2.24, 2.45) is 7.05 Å². The summed E-state index contributed by atoms with van der Waals surface area (Å²) in [5.74, 6) is -0.237. The molecule has 1 aliphatic heterocycles. The lowest BCUT2D eigenvalue weighted by Gasteiger charge is -2.35. The minimum atomic E-state index is -0.549. The molecule has 1 fully saturated rings. The van der Waals surface area contributed by atoms with Crippen molar-refractivity contribution in [1.29, 1.82) is 0 Å². The molecule has 0 aliphatic carbocycles. The Morgan fingerprint density at radius 1 is 1.25 bits per heavy atom. The van der Waals surface area contributed by atoms with Crippen molar-refractivity contribution >= 4 is 23.3 Å². The van der Waals surface area contributed by atoms with E-state index in [0.717, 1.165) is 24.8 Å². The van der Waals surface area contributed by atoms with Crippen LogP contribution < -0.4 is 10.6 Å². The number of hydrogen-bond acceptors (Lipinski definition) is 4. The van der Waals surface area contributed by atoms with E-state index in [1.165, 1.54) is 7.11 Å². The summed E-state index contributed by atoms with van der Waals surface area (Å²) in [6.07, 6.45) is 6.22. The van der Waals surface area contributed by atoms with E-state index in [1.807, 2.05) is 24.3 Å². The molecule has 2 N–H and O–H groups in total. The van der Waals surface area contributed by atoms with Gasteiger partial charge in [-0.15, -0.1) is 0 Å². The first kappa shape index (κ1) is 19.9. The normalized spacial score (nSPS) is 17.8. The molecule has 2 aromatic rings. The topological polar surface area (TPSA) is 88.5 Å². The van der Waals surface area contributed by atoms with Crippen LogP contribution in [-0.2, 0) is 16.6 Å². The molecule has 2 atom stereocenters. The molecule has 3 amide bonds. The smallest absolute Gasteiger partial charge is 0.322 e. The van der Waals surface area contributed by atoms with Gasteiger partial charge in [-0.1, -0.05) is 6.07 Å². The minimum Gasteiger partial charge on any atom is -0.372 e. The summed E-state index contributed by atoms with van der Waals surface area (Å²) < 4.78 is 6.78. The van der Waals surface area contributed by atoms with Gasteiger partial charge in [0.25, 0.3) is 5.91 Å². The molecule has 1 aromatic carbocycles. The van der Waals surface area contributed by atoms with E-state index in [1.54, 1.807) is 35.9 Å². The number of nitrogens with one attached hydrogen (secondary N) is 2. The first-order valence-electron chi connectivity index (χ1n) is 9.48. The van der Waals surface area contributed by atoms with Crippen molar-refractivity contribution < 1.29 is 14.3 Å². The number of likely N-dealkylation sites (tertiary alicyclic amines) is 1. The van der Waals surface area contributed by atoms with Gasteiger partial charge in [0.2, 0.25) is 0 Å². The number of nitrogens with zero attached hydrogens (tertiary/aromatic N) is 3. The van der Waals surface area contributed by atoms with Gasteiger partial charge < -0.3 is 20.3 Å². The number of aromatic nitrogens is 2. The van der Waals surface area contributed by atoms with Crippen LogP contribution in [0.25, 0.3) is 0 Å². The zero-order valence-electron chi connectivity index (χ0n) is 16.5. The highest BCUT2D eigenvalue weighted by molar-refractivity contribution is 5.95. The molecule has 1 aliphatic rings. The summed E-state index contributed by atoms with van der Waals surface area (Å²) in [6, 6.07) is 6.97. The fraction of sp³-hybridized carbons (Fsp3) is 0.450. The Morgan fingerprint density at radius 3 is 2.68 bits per heavy atom. The molecule has 0 spiro atoms. The molecule has 0 saturated carbocycles. The molecule has 3 rings (SSSR count). The van der Waals surface area contributed by atoms with E-state index in [2.05, 4.69) is 15.7 Å². The summed E-state index contributed by atoms with van der Waals surface area (Å²) >= 11 is 0. The largest absolute Gasteiger partial charge is 0.372 e. The van der Waals surface area contributed by atoms with E-state index in [4.69, 9.17) is 4.74 Å². The lowest BCUT2D eigenvalue weighted by molar-refractivity contribution is -0.124. The van der Waals surface area contributed by atoms with Crippen LogP contribution in [0.5, 0.6) is 0 Å². The second kappa shape index (κ2) is 8.88. The minimum absolute atomic E-state index is 0.0212. The number of benzene rings is 1. The average molecular weight is 385 g/mol. The summed E-state index contributed by atoms with van der Waals surface area (Å²) in [7, 11) is 3.36.